The van der Waals surface area contributed by atoms with Gasteiger partial charge < -0.3 is 23.7 Å². The third-order valence-electron chi connectivity index (χ3n) is 3.17. The second kappa shape index (κ2) is 5.44. The number of hydrogen-bond acceptors (Lipinski definition) is 6. The van der Waals surface area contributed by atoms with Gasteiger partial charge in [-0.25, -0.2) is 4.79 Å². The fraction of sp³-hybridized carbons (Fsp3) is 0.786. The summed E-state index contributed by atoms with van der Waals surface area (Å²) in [6.45, 7) is 11.2. The number of hydrogen-bond donors (Lipinski definition) is 0. The number of esters is 1. The largest absolute Gasteiger partial charge is 0.460 e. The minimum absolute atomic E-state index is 0.0965. The molecular formula is C14H22O6. The highest BCUT2D eigenvalue weighted by atomic mass is 16.8. The van der Waals surface area contributed by atoms with Gasteiger partial charge in [0.1, 0.15) is 24.9 Å². The van der Waals surface area contributed by atoms with Crippen LogP contribution in [0.1, 0.15) is 27.7 Å². The zero-order chi connectivity index (χ0) is 15.0. The average molecular weight is 286 g/mol. The van der Waals surface area contributed by atoms with E-state index in [-0.39, 0.29) is 18.8 Å². The van der Waals surface area contributed by atoms with Crippen molar-refractivity contribution in [3.63, 3.8) is 0 Å². The number of carbonyl (C=O) groups excluding carboxylic acids is 1. The molecular weight excluding hydrogens is 264 g/mol. The predicted molar refractivity (Wildman–Crippen MR) is 69.9 cm³/mol. The van der Waals surface area contributed by atoms with Gasteiger partial charge in [0.25, 0.3) is 0 Å². The van der Waals surface area contributed by atoms with Gasteiger partial charge >= 0.3 is 5.97 Å². The van der Waals surface area contributed by atoms with Crippen LogP contribution in [0.15, 0.2) is 12.7 Å². The molecule has 2 fully saturated rings. The molecule has 2 heterocycles. The predicted octanol–water partition coefficient (Wildman–Crippen LogP) is 1.39. The summed E-state index contributed by atoms with van der Waals surface area (Å²) in [4.78, 5) is 11.2. The normalized spacial score (nSPS) is 34.9. The first kappa shape index (κ1) is 15.4. The molecule has 6 heteroatoms. The Bertz CT molecular complexity index is 389. The Labute approximate surface area is 119 Å². The van der Waals surface area contributed by atoms with Crippen molar-refractivity contribution >= 4 is 5.97 Å². The Morgan fingerprint density at radius 3 is 2.50 bits per heavy atom. The lowest BCUT2D eigenvalue weighted by Crippen LogP contribution is -2.40. The molecule has 0 amide bonds. The standard InChI is InChI=1S/C14H22O6/c1-6-11(15)16-7-9-12(20-14(4,5)19-9)10-8-17-13(2,3)18-10/h6,9-10,12H,1,7-8H2,2-5H3. The maximum atomic E-state index is 11.2. The summed E-state index contributed by atoms with van der Waals surface area (Å²) < 4.78 is 28.0. The summed E-state index contributed by atoms with van der Waals surface area (Å²) in [5, 5.41) is 0. The van der Waals surface area contributed by atoms with Crippen molar-refractivity contribution in [1.29, 1.82) is 0 Å². The first-order valence-corrected chi connectivity index (χ1v) is 6.69. The van der Waals surface area contributed by atoms with Gasteiger partial charge in [0.2, 0.25) is 0 Å². The summed E-state index contributed by atoms with van der Waals surface area (Å²) in [5.41, 5.74) is 0. The van der Waals surface area contributed by atoms with Crippen molar-refractivity contribution in [2.45, 2.75) is 57.6 Å². The minimum atomic E-state index is -0.744. The van der Waals surface area contributed by atoms with E-state index in [9.17, 15) is 4.79 Å². The molecule has 0 aliphatic carbocycles. The van der Waals surface area contributed by atoms with Crippen LogP contribution in [0.3, 0.4) is 0 Å². The molecule has 0 aromatic carbocycles. The smallest absolute Gasteiger partial charge is 0.330 e. The summed E-state index contributed by atoms with van der Waals surface area (Å²) in [6.07, 6.45) is 0.133. The van der Waals surface area contributed by atoms with Gasteiger partial charge in [-0.2, -0.15) is 0 Å². The summed E-state index contributed by atoms with van der Waals surface area (Å²) in [6, 6.07) is 0. The molecule has 0 aromatic heterocycles. The highest BCUT2D eigenvalue weighted by Gasteiger charge is 2.50. The van der Waals surface area contributed by atoms with E-state index in [4.69, 9.17) is 23.7 Å². The van der Waals surface area contributed by atoms with E-state index < -0.39 is 23.6 Å². The Hall–Kier alpha value is -0.950. The van der Waals surface area contributed by atoms with Crippen LogP contribution in [0.25, 0.3) is 0 Å². The Kier molecular flexibility index (Phi) is 4.20. The molecule has 2 aliphatic rings. The zero-order valence-electron chi connectivity index (χ0n) is 12.4. The molecule has 0 saturated carbocycles. The van der Waals surface area contributed by atoms with E-state index in [0.717, 1.165) is 6.08 Å². The fourth-order valence-electron chi connectivity index (χ4n) is 2.41. The molecule has 20 heavy (non-hydrogen) atoms. The van der Waals surface area contributed by atoms with Gasteiger partial charge in [0, 0.05) is 6.08 Å². The van der Waals surface area contributed by atoms with Crippen LogP contribution in [-0.4, -0.2) is 49.1 Å². The molecule has 0 radical (unpaired) electrons. The van der Waals surface area contributed by atoms with Gasteiger partial charge in [-0.1, -0.05) is 6.58 Å². The molecule has 0 N–H and O–H groups in total. The highest BCUT2D eigenvalue weighted by Crippen LogP contribution is 2.35. The summed E-state index contributed by atoms with van der Waals surface area (Å²) in [7, 11) is 0. The molecule has 114 valence electrons. The molecule has 2 aliphatic heterocycles. The quantitative estimate of drug-likeness (QED) is 0.575. The third kappa shape index (κ3) is 3.58. The van der Waals surface area contributed by atoms with E-state index in [2.05, 4.69) is 6.58 Å². The molecule has 2 saturated heterocycles. The molecule has 3 unspecified atom stereocenters. The van der Waals surface area contributed by atoms with Crippen LogP contribution in [-0.2, 0) is 28.5 Å². The van der Waals surface area contributed by atoms with E-state index >= 15 is 0 Å². The number of ether oxygens (including phenoxy) is 5. The molecule has 0 aromatic rings. The second-order valence-corrected chi connectivity index (χ2v) is 5.84. The second-order valence-electron chi connectivity index (χ2n) is 5.84. The Balaban J connectivity index is 2.01. The van der Waals surface area contributed by atoms with Crippen molar-refractivity contribution in [2.24, 2.45) is 0 Å². The van der Waals surface area contributed by atoms with Gasteiger partial charge in [-0.05, 0) is 27.7 Å². The Morgan fingerprint density at radius 1 is 1.25 bits per heavy atom. The van der Waals surface area contributed by atoms with Gasteiger partial charge in [0.15, 0.2) is 11.6 Å². The van der Waals surface area contributed by atoms with Gasteiger partial charge in [-0.3, -0.25) is 0 Å². The van der Waals surface area contributed by atoms with Crippen molar-refractivity contribution in [1.82, 2.24) is 0 Å². The SMILES string of the molecule is C=CC(=O)OCC1OC(C)(C)OC1C1COC(C)(C)O1. The van der Waals surface area contributed by atoms with Gasteiger partial charge in [-0.15, -0.1) is 0 Å². The third-order valence-corrected chi connectivity index (χ3v) is 3.17. The monoisotopic (exact) mass is 286 g/mol. The lowest BCUT2D eigenvalue weighted by molar-refractivity contribution is -0.175. The molecule has 6 nitrogen and oxygen atoms in total. The van der Waals surface area contributed by atoms with Crippen LogP contribution in [0.5, 0.6) is 0 Å². The maximum Gasteiger partial charge on any atom is 0.330 e. The number of rotatable bonds is 4. The van der Waals surface area contributed by atoms with Crippen molar-refractivity contribution in [3.8, 4) is 0 Å². The maximum absolute atomic E-state index is 11.2. The first-order valence-electron chi connectivity index (χ1n) is 6.69. The first-order chi connectivity index (χ1) is 9.22. The number of carbonyl (C=O) groups is 1. The van der Waals surface area contributed by atoms with E-state index in [1.165, 1.54) is 0 Å². The van der Waals surface area contributed by atoms with Crippen LogP contribution in [0.2, 0.25) is 0 Å². The Morgan fingerprint density at radius 2 is 1.95 bits per heavy atom. The van der Waals surface area contributed by atoms with Crippen LogP contribution in [0.4, 0.5) is 0 Å². The van der Waals surface area contributed by atoms with Crippen molar-refractivity contribution < 1.29 is 28.5 Å². The fourth-order valence-corrected chi connectivity index (χ4v) is 2.41. The molecule has 3 atom stereocenters. The summed E-state index contributed by atoms with van der Waals surface area (Å²) >= 11 is 0. The van der Waals surface area contributed by atoms with E-state index in [1.807, 2.05) is 27.7 Å². The van der Waals surface area contributed by atoms with Crippen LogP contribution in [0, 0.1) is 0 Å². The van der Waals surface area contributed by atoms with Crippen molar-refractivity contribution in [3.05, 3.63) is 12.7 Å². The summed E-state index contributed by atoms with van der Waals surface area (Å²) in [5.74, 6) is -1.87. The average Bonchev–Trinajstić information content (AvgIpc) is 2.85. The van der Waals surface area contributed by atoms with Crippen LogP contribution >= 0.6 is 0 Å². The van der Waals surface area contributed by atoms with Crippen LogP contribution < -0.4 is 0 Å². The van der Waals surface area contributed by atoms with E-state index in [0.29, 0.717) is 6.61 Å². The molecule has 0 bridgehead atoms. The lowest BCUT2D eigenvalue weighted by Gasteiger charge is -2.23. The molecule has 0 spiro atoms. The van der Waals surface area contributed by atoms with E-state index in [1.54, 1.807) is 0 Å². The topological polar surface area (TPSA) is 63.2 Å². The zero-order valence-corrected chi connectivity index (χ0v) is 12.4. The lowest BCUT2D eigenvalue weighted by atomic mass is 10.1. The van der Waals surface area contributed by atoms with Gasteiger partial charge in [0.05, 0.1) is 6.61 Å². The van der Waals surface area contributed by atoms with Crippen molar-refractivity contribution in [2.75, 3.05) is 13.2 Å². The minimum Gasteiger partial charge on any atom is -0.460 e. The highest BCUT2D eigenvalue weighted by molar-refractivity contribution is 5.81. The molecule has 2 rings (SSSR count).